The summed E-state index contributed by atoms with van der Waals surface area (Å²) in [7, 11) is 0. The molecule has 1 aliphatic carbocycles. The Bertz CT molecular complexity index is 166. The lowest BCUT2D eigenvalue weighted by molar-refractivity contribution is 0.107. The van der Waals surface area contributed by atoms with Crippen LogP contribution in [-0.4, -0.2) is 36.2 Å². The Morgan fingerprint density at radius 2 is 1.57 bits per heavy atom. The number of aliphatic hydroxyl groups is 1. The molecular formula is C12H23NO. The molecule has 0 amide bonds. The maximum Gasteiger partial charge on any atom is 0.0462 e. The summed E-state index contributed by atoms with van der Waals surface area (Å²) in [6.45, 7) is 4.27. The lowest BCUT2D eigenvalue weighted by Crippen LogP contribution is -2.34. The van der Waals surface area contributed by atoms with E-state index in [9.17, 15) is 5.11 Å². The van der Waals surface area contributed by atoms with Crippen molar-refractivity contribution in [3.05, 3.63) is 0 Å². The minimum absolute atomic E-state index is 0.415. The smallest absolute Gasteiger partial charge is 0.0462 e. The number of nitrogens with zero attached hydrogens (tertiary/aromatic N) is 1. The Hall–Kier alpha value is -0.0800. The highest BCUT2D eigenvalue weighted by atomic mass is 16.3. The summed E-state index contributed by atoms with van der Waals surface area (Å²) in [5.74, 6) is 1.39. The van der Waals surface area contributed by atoms with Gasteiger partial charge in [-0.2, -0.15) is 0 Å². The fourth-order valence-corrected chi connectivity index (χ4v) is 3.06. The Kier molecular flexibility index (Phi) is 3.82. The van der Waals surface area contributed by atoms with Gasteiger partial charge in [-0.3, -0.25) is 0 Å². The van der Waals surface area contributed by atoms with Crippen LogP contribution < -0.4 is 0 Å². The topological polar surface area (TPSA) is 23.5 Å². The van der Waals surface area contributed by atoms with Crippen LogP contribution >= 0.6 is 0 Å². The predicted molar refractivity (Wildman–Crippen MR) is 58.2 cm³/mol. The average molecular weight is 197 g/mol. The molecule has 2 heteroatoms. The minimum Gasteiger partial charge on any atom is -0.396 e. The number of likely N-dealkylation sites (tertiary alicyclic amines) is 1. The van der Waals surface area contributed by atoms with Crippen LogP contribution in [0.2, 0.25) is 0 Å². The number of rotatable bonds is 3. The molecule has 0 bridgehead atoms. The van der Waals surface area contributed by atoms with Crippen molar-refractivity contribution < 1.29 is 5.11 Å². The van der Waals surface area contributed by atoms with E-state index in [-0.39, 0.29) is 0 Å². The van der Waals surface area contributed by atoms with Gasteiger partial charge in [-0.05, 0) is 50.6 Å². The van der Waals surface area contributed by atoms with Gasteiger partial charge in [-0.25, -0.2) is 0 Å². The molecule has 1 heterocycles. The Morgan fingerprint density at radius 3 is 2.21 bits per heavy atom. The molecule has 1 saturated heterocycles. The summed E-state index contributed by atoms with van der Waals surface area (Å²) >= 11 is 0. The number of aliphatic hydroxyl groups excluding tert-OH is 1. The van der Waals surface area contributed by atoms with Crippen LogP contribution in [0.25, 0.3) is 0 Å². The van der Waals surface area contributed by atoms with Crippen LogP contribution in [0.4, 0.5) is 0 Å². The second-order valence-corrected chi connectivity index (χ2v) is 4.99. The molecule has 0 aromatic heterocycles. The molecular weight excluding hydrogens is 174 g/mol. The van der Waals surface area contributed by atoms with E-state index in [0.717, 1.165) is 5.92 Å². The van der Waals surface area contributed by atoms with E-state index >= 15 is 0 Å². The van der Waals surface area contributed by atoms with Gasteiger partial charge < -0.3 is 10.0 Å². The van der Waals surface area contributed by atoms with Crippen LogP contribution in [-0.2, 0) is 0 Å². The molecule has 1 saturated carbocycles. The molecule has 2 fully saturated rings. The summed E-state index contributed by atoms with van der Waals surface area (Å²) in [6.07, 6.45) is 8.10. The average Bonchev–Trinajstić information content (AvgIpc) is 2.71. The SMILES string of the molecule is OCC1CCCCC1CN1CCCC1. The monoisotopic (exact) mass is 197 g/mol. The zero-order chi connectivity index (χ0) is 9.80. The van der Waals surface area contributed by atoms with Gasteiger partial charge in [0, 0.05) is 13.2 Å². The van der Waals surface area contributed by atoms with E-state index in [1.165, 1.54) is 58.2 Å². The third-order valence-corrected chi connectivity index (χ3v) is 3.99. The Balaban J connectivity index is 1.81. The highest BCUT2D eigenvalue weighted by Gasteiger charge is 2.26. The van der Waals surface area contributed by atoms with Gasteiger partial charge in [0.05, 0.1) is 0 Å². The van der Waals surface area contributed by atoms with Crippen LogP contribution in [0.3, 0.4) is 0 Å². The van der Waals surface area contributed by atoms with Gasteiger partial charge in [-0.1, -0.05) is 12.8 Å². The Labute approximate surface area is 87.3 Å². The van der Waals surface area contributed by atoms with Crippen molar-refractivity contribution in [2.24, 2.45) is 11.8 Å². The van der Waals surface area contributed by atoms with Crippen molar-refractivity contribution in [3.8, 4) is 0 Å². The quantitative estimate of drug-likeness (QED) is 0.746. The van der Waals surface area contributed by atoms with Gasteiger partial charge in [0.2, 0.25) is 0 Å². The van der Waals surface area contributed by atoms with Crippen molar-refractivity contribution in [1.82, 2.24) is 4.90 Å². The first-order valence-electron chi connectivity index (χ1n) is 6.23. The first-order valence-corrected chi connectivity index (χ1v) is 6.23. The number of hydrogen-bond acceptors (Lipinski definition) is 2. The largest absolute Gasteiger partial charge is 0.396 e. The summed E-state index contributed by atoms with van der Waals surface area (Å²) < 4.78 is 0. The summed E-state index contributed by atoms with van der Waals surface area (Å²) in [6, 6.07) is 0. The van der Waals surface area contributed by atoms with E-state index in [4.69, 9.17) is 0 Å². The highest BCUT2D eigenvalue weighted by Crippen LogP contribution is 2.30. The molecule has 0 radical (unpaired) electrons. The van der Waals surface area contributed by atoms with Crippen molar-refractivity contribution in [3.63, 3.8) is 0 Å². The molecule has 2 nitrogen and oxygen atoms in total. The second-order valence-electron chi connectivity index (χ2n) is 4.99. The summed E-state index contributed by atoms with van der Waals surface area (Å²) in [5, 5.41) is 9.32. The van der Waals surface area contributed by atoms with E-state index in [0.29, 0.717) is 12.5 Å². The van der Waals surface area contributed by atoms with Gasteiger partial charge in [-0.15, -0.1) is 0 Å². The van der Waals surface area contributed by atoms with Gasteiger partial charge in [0.15, 0.2) is 0 Å². The van der Waals surface area contributed by atoms with E-state index in [2.05, 4.69) is 4.90 Å². The van der Waals surface area contributed by atoms with Gasteiger partial charge >= 0.3 is 0 Å². The van der Waals surface area contributed by atoms with E-state index < -0.39 is 0 Å². The first kappa shape index (κ1) is 10.4. The van der Waals surface area contributed by atoms with Crippen LogP contribution in [0, 0.1) is 11.8 Å². The summed E-state index contributed by atoms with van der Waals surface area (Å²) in [4.78, 5) is 2.60. The second kappa shape index (κ2) is 5.13. The molecule has 1 N–H and O–H groups in total. The molecule has 14 heavy (non-hydrogen) atoms. The fraction of sp³-hybridized carbons (Fsp3) is 1.00. The molecule has 0 aromatic rings. The zero-order valence-corrected chi connectivity index (χ0v) is 9.12. The van der Waals surface area contributed by atoms with Crippen molar-refractivity contribution in [2.45, 2.75) is 38.5 Å². The predicted octanol–water partition coefficient (Wildman–Crippen LogP) is 1.88. The molecule has 82 valence electrons. The normalized spacial score (nSPS) is 34.9. The van der Waals surface area contributed by atoms with E-state index in [1.54, 1.807) is 0 Å². The van der Waals surface area contributed by atoms with Crippen LogP contribution in [0.5, 0.6) is 0 Å². The molecule has 0 aromatic carbocycles. The van der Waals surface area contributed by atoms with Gasteiger partial charge in [0.1, 0.15) is 0 Å². The van der Waals surface area contributed by atoms with E-state index in [1.807, 2.05) is 0 Å². The van der Waals surface area contributed by atoms with Crippen LogP contribution in [0.1, 0.15) is 38.5 Å². The molecule has 1 aliphatic heterocycles. The molecule has 0 spiro atoms. The summed E-state index contributed by atoms with van der Waals surface area (Å²) in [5.41, 5.74) is 0. The lowest BCUT2D eigenvalue weighted by atomic mass is 9.79. The molecule has 2 atom stereocenters. The lowest BCUT2D eigenvalue weighted by Gasteiger charge is -2.33. The highest BCUT2D eigenvalue weighted by molar-refractivity contribution is 4.79. The van der Waals surface area contributed by atoms with Gasteiger partial charge in [0.25, 0.3) is 0 Å². The molecule has 2 aliphatic rings. The maximum absolute atomic E-state index is 9.32. The number of hydrogen-bond donors (Lipinski definition) is 1. The van der Waals surface area contributed by atoms with Crippen LogP contribution in [0.15, 0.2) is 0 Å². The fourth-order valence-electron chi connectivity index (χ4n) is 3.06. The zero-order valence-electron chi connectivity index (χ0n) is 9.12. The first-order chi connectivity index (χ1) is 6.90. The maximum atomic E-state index is 9.32. The standard InChI is InChI=1S/C12H23NO/c14-10-12-6-2-1-5-11(12)9-13-7-3-4-8-13/h11-12,14H,1-10H2. The van der Waals surface area contributed by atoms with Crippen molar-refractivity contribution in [2.75, 3.05) is 26.2 Å². The third kappa shape index (κ3) is 2.48. The molecule has 2 unspecified atom stereocenters. The Morgan fingerprint density at radius 1 is 0.929 bits per heavy atom. The third-order valence-electron chi connectivity index (χ3n) is 3.99. The molecule has 2 rings (SSSR count). The van der Waals surface area contributed by atoms with Crippen molar-refractivity contribution >= 4 is 0 Å². The minimum atomic E-state index is 0.415. The van der Waals surface area contributed by atoms with Crippen molar-refractivity contribution in [1.29, 1.82) is 0 Å².